The molecule has 2 rings (SSSR count). The summed E-state index contributed by atoms with van der Waals surface area (Å²) in [6.07, 6.45) is 7.47. The molecule has 0 aliphatic heterocycles. The molecule has 0 atom stereocenters. The number of carbonyl (C=O) groups is 1. The van der Waals surface area contributed by atoms with Gasteiger partial charge in [-0.25, -0.2) is 0 Å². The number of aryl methyl sites for hydroxylation is 2. The maximum absolute atomic E-state index is 12.3. The lowest BCUT2D eigenvalue weighted by Gasteiger charge is -2.32. The molecule has 0 aromatic carbocycles. The molecule has 20 heavy (non-hydrogen) atoms. The Morgan fingerprint density at radius 3 is 2.65 bits per heavy atom. The molecule has 0 unspecified atom stereocenters. The van der Waals surface area contributed by atoms with Crippen molar-refractivity contribution in [3.05, 3.63) is 17.5 Å². The molecule has 1 aliphatic rings. The summed E-state index contributed by atoms with van der Waals surface area (Å²) in [7, 11) is 0. The Bertz CT molecular complexity index is 458. The number of hydrogen-bond acceptors (Lipinski definition) is 3. The number of ketones is 1. The molecule has 1 aliphatic carbocycles. The van der Waals surface area contributed by atoms with Gasteiger partial charge in [-0.05, 0) is 32.3 Å². The van der Waals surface area contributed by atoms with Crippen LogP contribution in [-0.4, -0.2) is 21.1 Å². The lowest BCUT2D eigenvalue weighted by atomic mass is 9.79. The summed E-state index contributed by atoms with van der Waals surface area (Å²) in [4.78, 5) is 12.3. The smallest absolute Gasteiger partial charge is 0.140 e. The normalized spacial score (nSPS) is 18.1. The first-order valence-corrected chi connectivity index (χ1v) is 7.92. The van der Waals surface area contributed by atoms with E-state index in [0.717, 1.165) is 50.0 Å². The fourth-order valence-corrected chi connectivity index (χ4v) is 3.19. The summed E-state index contributed by atoms with van der Waals surface area (Å²) in [5.74, 6) is 0.256. The van der Waals surface area contributed by atoms with E-state index in [4.69, 9.17) is 5.73 Å². The number of hydrogen-bond donors (Lipinski definition) is 1. The average Bonchev–Trinajstić information content (AvgIpc) is 2.81. The Morgan fingerprint density at radius 2 is 2.05 bits per heavy atom. The third kappa shape index (κ3) is 3.69. The van der Waals surface area contributed by atoms with Crippen LogP contribution in [0.15, 0.2) is 6.07 Å². The Kier molecular flexibility index (Phi) is 4.97. The first-order valence-electron chi connectivity index (χ1n) is 7.92. The number of Topliss-reactive ketones (excluding diaryl/α,β-unsaturated/α-hetero) is 1. The standard InChI is InChI=1S/C16H27N3O/c1-3-13-10-14(19(4-2)18-13)11-15(20)12-16(17)8-6-5-7-9-16/h10H,3-9,11-12,17H2,1-2H3. The van der Waals surface area contributed by atoms with Crippen LogP contribution in [0.4, 0.5) is 0 Å². The average molecular weight is 277 g/mol. The summed E-state index contributed by atoms with van der Waals surface area (Å²) in [6, 6.07) is 2.06. The van der Waals surface area contributed by atoms with Crippen molar-refractivity contribution in [3.63, 3.8) is 0 Å². The second-order valence-electron chi connectivity index (χ2n) is 6.11. The van der Waals surface area contributed by atoms with Crippen LogP contribution in [0.1, 0.15) is 63.8 Å². The first kappa shape index (κ1) is 15.2. The number of nitrogens with zero attached hydrogens (tertiary/aromatic N) is 2. The van der Waals surface area contributed by atoms with E-state index >= 15 is 0 Å². The fraction of sp³-hybridized carbons (Fsp3) is 0.750. The van der Waals surface area contributed by atoms with Crippen LogP contribution in [-0.2, 0) is 24.2 Å². The highest BCUT2D eigenvalue weighted by Gasteiger charge is 2.30. The van der Waals surface area contributed by atoms with Crippen LogP contribution in [0, 0.1) is 0 Å². The predicted molar refractivity (Wildman–Crippen MR) is 80.6 cm³/mol. The molecule has 4 nitrogen and oxygen atoms in total. The Hall–Kier alpha value is -1.16. The molecular weight excluding hydrogens is 250 g/mol. The lowest BCUT2D eigenvalue weighted by molar-refractivity contribution is -0.120. The molecule has 0 spiro atoms. The van der Waals surface area contributed by atoms with Crippen LogP contribution >= 0.6 is 0 Å². The van der Waals surface area contributed by atoms with E-state index in [1.807, 2.05) is 4.68 Å². The van der Waals surface area contributed by atoms with Gasteiger partial charge in [-0.15, -0.1) is 0 Å². The highest BCUT2D eigenvalue weighted by atomic mass is 16.1. The summed E-state index contributed by atoms with van der Waals surface area (Å²) < 4.78 is 1.95. The molecule has 1 aromatic heterocycles. The minimum absolute atomic E-state index is 0.250. The van der Waals surface area contributed by atoms with Crippen molar-refractivity contribution in [2.75, 3.05) is 0 Å². The van der Waals surface area contributed by atoms with Gasteiger partial charge in [0.05, 0.1) is 5.69 Å². The summed E-state index contributed by atoms with van der Waals surface area (Å²) in [6.45, 7) is 4.97. The third-order valence-electron chi connectivity index (χ3n) is 4.35. The van der Waals surface area contributed by atoms with Crippen LogP contribution in [0.2, 0.25) is 0 Å². The largest absolute Gasteiger partial charge is 0.325 e. The first-order chi connectivity index (χ1) is 9.56. The topological polar surface area (TPSA) is 60.9 Å². The van der Waals surface area contributed by atoms with Gasteiger partial charge < -0.3 is 5.73 Å². The molecule has 1 heterocycles. The van der Waals surface area contributed by atoms with Gasteiger partial charge in [-0.2, -0.15) is 5.10 Å². The van der Waals surface area contributed by atoms with E-state index in [1.165, 1.54) is 6.42 Å². The number of aromatic nitrogens is 2. The van der Waals surface area contributed by atoms with Gasteiger partial charge >= 0.3 is 0 Å². The van der Waals surface area contributed by atoms with E-state index in [2.05, 4.69) is 25.0 Å². The molecule has 2 N–H and O–H groups in total. The molecule has 0 amide bonds. The van der Waals surface area contributed by atoms with Gasteiger partial charge in [0.2, 0.25) is 0 Å². The highest BCUT2D eigenvalue weighted by molar-refractivity contribution is 5.81. The molecule has 1 saturated carbocycles. The second-order valence-corrected chi connectivity index (χ2v) is 6.11. The summed E-state index contributed by atoms with van der Waals surface area (Å²) in [5, 5.41) is 4.50. The molecule has 112 valence electrons. The zero-order chi connectivity index (χ0) is 14.6. The molecule has 1 aromatic rings. The zero-order valence-electron chi connectivity index (χ0n) is 12.8. The van der Waals surface area contributed by atoms with Crippen molar-refractivity contribution < 1.29 is 4.79 Å². The Morgan fingerprint density at radius 1 is 1.35 bits per heavy atom. The van der Waals surface area contributed by atoms with E-state index in [0.29, 0.717) is 12.8 Å². The Balaban J connectivity index is 1.98. The molecule has 0 saturated heterocycles. The highest BCUT2D eigenvalue weighted by Crippen LogP contribution is 2.29. The molecular formula is C16H27N3O. The third-order valence-corrected chi connectivity index (χ3v) is 4.35. The van der Waals surface area contributed by atoms with Gasteiger partial charge in [0.25, 0.3) is 0 Å². The van der Waals surface area contributed by atoms with Crippen LogP contribution < -0.4 is 5.73 Å². The minimum Gasteiger partial charge on any atom is -0.325 e. The van der Waals surface area contributed by atoms with Crippen LogP contribution in [0.25, 0.3) is 0 Å². The number of nitrogens with two attached hydrogens (primary N) is 1. The summed E-state index contributed by atoms with van der Waals surface area (Å²) >= 11 is 0. The number of carbonyl (C=O) groups excluding carboxylic acids is 1. The van der Waals surface area contributed by atoms with E-state index < -0.39 is 0 Å². The van der Waals surface area contributed by atoms with E-state index in [9.17, 15) is 4.79 Å². The SMILES string of the molecule is CCc1cc(CC(=O)CC2(N)CCCCC2)n(CC)n1. The van der Waals surface area contributed by atoms with Crippen molar-refractivity contribution in [1.82, 2.24) is 9.78 Å². The van der Waals surface area contributed by atoms with Gasteiger partial charge in [0.15, 0.2) is 0 Å². The maximum Gasteiger partial charge on any atom is 0.140 e. The zero-order valence-corrected chi connectivity index (χ0v) is 12.8. The number of rotatable bonds is 6. The van der Waals surface area contributed by atoms with Gasteiger partial charge in [-0.1, -0.05) is 26.2 Å². The quantitative estimate of drug-likeness (QED) is 0.869. The van der Waals surface area contributed by atoms with E-state index in [1.54, 1.807) is 0 Å². The van der Waals surface area contributed by atoms with Crippen molar-refractivity contribution in [2.45, 2.75) is 77.3 Å². The van der Waals surface area contributed by atoms with Crippen molar-refractivity contribution in [1.29, 1.82) is 0 Å². The van der Waals surface area contributed by atoms with Crippen molar-refractivity contribution >= 4 is 5.78 Å². The monoisotopic (exact) mass is 277 g/mol. The van der Waals surface area contributed by atoms with E-state index in [-0.39, 0.29) is 11.3 Å². The minimum atomic E-state index is -0.250. The summed E-state index contributed by atoms with van der Waals surface area (Å²) in [5.41, 5.74) is 8.22. The predicted octanol–water partition coefficient (Wildman–Crippen LogP) is 2.63. The Labute approximate surface area is 121 Å². The molecule has 4 heteroatoms. The fourth-order valence-electron chi connectivity index (χ4n) is 3.19. The van der Waals surface area contributed by atoms with Gasteiger partial charge in [0, 0.05) is 30.6 Å². The molecule has 0 bridgehead atoms. The van der Waals surface area contributed by atoms with Gasteiger partial charge in [0.1, 0.15) is 5.78 Å². The molecule has 0 radical (unpaired) electrons. The van der Waals surface area contributed by atoms with Gasteiger partial charge in [-0.3, -0.25) is 9.48 Å². The van der Waals surface area contributed by atoms with Crippen LogP contribution in [0.5, 0.6) is 0 Å². The lowest BCUT2D eigenvalue weighted by Crippen LogP contribution is -2.43. The maximum atomic E-state index is 12.3. The second kappa shape index (κ2) is 6.53. The van der Waals surface area contributed by atoms with Crippen molar-refractivity contribution in [2.24, 2.45) is 5.73 Å². The molecule has 1 fully saturated rings. The van der Waals surface area contributed by atoms with Crippen molar-refractivity contribution in [3.8, 4) is 0 Å². The van der Waals surface area contributed by atoms with Crippen LogP contribution in [0.3, 0.4) is 0 Å².